The number of carbonyl (C=O) groups is 1. The van der Waals surface area contributed by atoms with E-state index in [1.807, 2.05) is 11.8 Å². The standard InChI is InChI=1S/C16H29N3O5S2/c1-4-17-9-8-16(14(17)20)13-19(25(3,21)22)12-15(16)6-10-18(11-7-15)26(23,24)5-2/h4-13H2,1-3H3/t16-/m0/s1. The fraction of sp³-hybridized carbons (Fsp3) is 0.938. The largest absolute Gasteiger partial charge is 0.342 e. The van der Waals surface area contributed by atoms with Gasteiger partial charge in [-0.3, -0.25) is 4.79 Å². The maximum Gasteiger partial charge on any atom is 0.230 e. The molecule has 3 fully saturated rings. The molecule has 0 aromatic heterocycles. The zero-order chi connectivity index (χ0) is 19.4. The van der Waals surface area contributed by atoms with Crippen molar-refractivity contribution in [1.82, 2.24) is 13.5 Å². The second kappa shape index (κ2) is 6.42. The van der Waals surface area contributed by atoms with Crippen LogP contribution in [0.4, 0.5) is 0 Å². The van der Waals surface area contributed by atoms with Gasteiger partial charge in [-0.25, -0.2) is 25.4 Å². The molecular weight excluding hydrogens is 378 g/mol. The lowest BCUT2D eigenvalue weighted by atomic mass is 9.60. The van der Waals surface area contributed by atoms with Crippen LogP contribution in [0.5, 0.6) is 0 Å². The molecule has 8 nitrogen and oxygen atoms in total. The van der Waals surface area contributed by atoms with E-state index in [0.717, 1.165) is 0 Å². The van der Waals surface area contributed by atoms with Crippen LogP contribution in [0.25, 0.3) is 0 Å². The minimum Gasteiger partial charge on any atom is -0.342 e. The summed E-state index contributed by atoms with van der Waals surface area (Å²) in [7, 11) is -6.67. The van der Waals surface area contributed by atoms with Crippen LogP contribution in [0, 0.1) is 10.8 Å². The van der Waals surface area contributed by atoms with Gasteiger partial charge in [-0.2, -0.15) is 0 Å². The van der Waals surface area contributed by atoms with Crippen molar-refractivity contribution in [1.29, 1.82) is 0 Å². The molecule has 0 N–H and O–H groups in total. The summed E-state index contributed by atoms with van der Waals surface area (Å²) in [6.07, 6.45) is 2.89. The Morgan fingerprint density at radius 2 is 1.54 bits per heavy atom. The van der Waals surface area contributed by atoms with Gasteiger partial charge in [-0.05, 0) is 33.1 Å². The first-order valence-corrected chi connectivity index (χ1v) is 12.7. The number of carbonyl (C=O) groups excluding carboxylic acids is 1. The summed E-state index contributed by atoms with van der Waals surface area (Å²) in [6, 6.07) is 0. The monoisotopic (exact) mass is 407 g/mol. The van der Waals surface area contributed by atoms with E-state index >= 15 is 0 Å². The molecule has 3 rings (SSSR count). The molecule has 3 heterocycles. The van der Waals surface area contributed by atoms with Crippen LogP contribution in [0.2, 0.25) is 0 Å². The smallest absolute Gasteiger partial charge is 0.230 e. The molecule has 0 aromatic carbocycles. The van der Waals surface area contributed by atoms with Crippen LogP contribution >= 0.6 is 0 Å². The van der Waals surface area contributed by atoms with Crippen molar-refractivity contribution < 1.29 is 21.6 Å². The fourth-order valence-electron chi connectivity index (χ4n) is 5.04. The van der Waals surface area contributed by atoms with Crippen molar-refractivity contribution in [3.8, 4) is 0 Å². The summed E-state index contributed by atoms with van der Waals surface area (Å²) in [4.78, 5) is 15.0. The summed E-state index contributed by atoms with van der Waals surface area (Å²) in [5.74, 6) is 0.0984. The molecule has 3 saturated heterocycles. The predicted molar refractivity (Wildman–Crippen MR) is 98.4 cm³/mol. The molecule has 150 valence electrons. The highest BCUT2D eigenvalue weighted by molar-refractivity contribution is 7.89. The first-order chi connectivity index (χ1) is 12.0. The van der Waals surface area contributed by atoms with Gasteiger partial charge < -0.3 is 4.90 Å². The molecule has 0 aromatic rings. The average Bonchev–Trinajstić information content (AvgIpc) is 3.08. The van der Waals surface area contributed by atoms with Crippen molar-refractivity contribution in [2.75, 3.05) is 51.3 Å². The lowest BCUT2D eigenvalue weighted by Crippen LogP contribution is -2.53. The van der Waals surface area contributed by atoms with E-state index in [1.54, 1.807) is 6.92 Å². The zero-order valence-corrected chi connectivity index (χ0v) is 17.4. The quantitative estimate of drug-likeness (QED) is 0.650. The molecule has 0 aliphatic carbocycles. The predicted octanol–water partition coefficient (Wildman–Crippen LogP) is -0.0679. The summed E-state index contributed by atoms with van der Waals surface area (Å²) in [6.45, 7) is 6.07. The molecule has 3 aliphatic rings. The molecule has 0 unspecified atom stereocenters. The van der Waals surface area contributed by atoms with Crippen molar-refractivity contribution in [2.24, 2.45) is 10.8 Å². The van der Waals surface area contributed by atoms with Gasteiger partial charge in [0.1, 0.15) is 0 Å². The Balaban J connectivity index is 1.95. The van der Waals surface area contributed by atoms with Crippen LogP contribution in [-0.4, -0.2) is 87.5 Å². The van der Waals surface area contributed by atoms with Crippen molar-refractivity contribution in [2.45, 2.75) is 33.1 Å². The van der Waals surface area contributed by atoms with Crippen LogP contribution in [0.3, 0.4) is 0 Å². The highest BCUT2D eigenvalue weighted by atomic mass is 32.2. The number of nitrogens with zero attached hydrogens (tertiary/aromatic N) is 3. The summed E-state index contributed by atoms with van der Waals surface area (Å²) < 4.78 is 51.8. The first-order valence-electron chi connectivity index (χ1n) is 9.24. The minimum atomic E-state index is -3.40. The van der Waals surface area contributed by atoms with E-state index in [-0.39, 0.29) is 18.2 Å². The van der Waals surface area contributed by atoms with Crippen LogP contribution < -0.4 is 0 Å². The fourth-order valence-corrected chi connectivity index (χ4v) is 7.08. The third-order valence-electron chi connectivity index (χ3n) is 6.73. The molecule has 3 aliphatic heterocycles. The van der Waals surface area contributed by atoms with Crippen LogP contribution in [0.1, 0.15) is 33.1 Å². The van der Waals surface area contributed by atoms with E-state index in [0.29, 0.717) is 52.0 Å². The van der Waals surface area contributed by atoms with Gasteiger partial charge in [0.15, 0.2) is 0 Å². The maximum atomic E-state index is 13.2. The van der Waals surface area contributed by atoms with Crippen molar-refractivity contribution in [3.63, 3.8) is 0 Å². The molecule has 10 heteroatoms. The van der Waals surface area contributed by atoms with E-state index in [9.17, 15) is 21.6 Å². The second-order valence-corrected chi connectivity index (χ2v) is 12.1. The van der Waals surface area contributed by atoms with Crippen LogP contribution in [-0.2, 0) is 24.8 Å². The lowest BCUT2D eigenvalue weighted by molar-refractivity contribution is -0.141. The number of rotatable bonds is 4. The number of fused-ring (bicyclic) bond motifs is 1. The molecule has 2 spiro atoms. The lowest BCUT2D eigenvalue weighted by Gasteiger charge is -2.46. The Kier molecular flexibility index (Phi) is 4.95. The van der Waals surface area contributed by atoms with E-state index in [2.05, 4.69) is 0 Å². The summed E-state index contributed by atoms with van der Waals surface area (Å²) in [5.41, 5.74) is -1.19. The van der Waals surface area contributed by atoms with E-state index in [4.69, 9.17) is 0 Å². The number of hydrogen-bond donors (Lipinski definition) is 0. The Labute approximate surface area is 156 Å². The number of sulfonamides is 2. The Morgan fingerprint density at radius 3 is 2.00 bits per heavy atom. The van der Waals surface area contributed by atoms with Gasteiger partial charge in [0.2, 0.25) is 26.0 Å². The normalized spacial score (nSPS) is 30.7. The number of piperidine rings is 1. The number of amides is 1. The molecule has 0 bridgehead atoms. The van der Waals surface area contributed by atoms with Gasteiger partial charge in [0.25, 0.3) is 0 Å². The van der Waals surface area contributed by atoms with Gasteiger partial charge in [0.05, 0.1) is 17.4 Å². The first kappa shape index (κ1) is 20.0. The van der Waals surface area contributed by atoms with Crippen molar-refractivity contribution in [3.05, 3.63) is 0 Å². The van der Waals surface area contributed by atoms with Gasteiger partial charge in [0, 0.05) is 44.7 Å². The average molecular weight is 408 g/mol. The SMILES string of the molecule is CCN1CC[C@]2(CN(S(C)(=O)=O)CC23CCN(S(=O)(=O)CC)CC3)C1=O. The topological polar surface area (TPSA) is 95.1 Å². The minimum absolute atomic E-state index is 0.0398. The van der Waals surface area contributed by atoms with Gasteiger partial charge in [-0.1, -0.05) is 0 Å². The van der Waals surface area contributed by atoms with Gasteiger partial charge >= 0.3 is 0 Å². The van der Waals surface area contributed by atoms with E-state index < -0.39 is 30.9 Å². The van der Waals surface area contributed by atoms with E-state index in [1.165, 1.54) is 14.9 Å². The molecule has 1 atom stereocenters. The third-order valence-corrected chi connectivity index (χ3v) is 9.81. The second-order valence-electron chi connectivity index (χ2n) is 7.83. The number of likely N-dealkylation sites (tertiary alicyclic amines) is 1. The molecule has 26 heavy (non-hydrogen) atoms. The van der Waals surface area contributed by atoms with Crippen LogP contribution in [0.15, 0.2) is 0 Å². The van der Waals surface area contributed by atoms with Gasteiger partial charge in [-0.15, -0.1) is 0 Å². The Morgan fingerprint density at radius 1 is 0.923 bits per heavy atom. The third kappa shape index (κ3) is 2.89. The molecule has 1 amide bonds. The highest BCUT2D eigenvalue weighted by Crippen LogP contribution is 2.58. The number of hydrogen-bond acceptors (Lipinski definition) is 5. The zero-order valence-electron chi connectivity index (χ0n) is 15.8. The molecule has 0 saturated carbocycles. The summed E-state index contributed by atoms with van der Waals surface area (Å²) in [5, 5.41) is 0. The molecular formula is C16H29N3O5S2. The Hall–Kier alpha value is -0.710. The highest BCUT2D eigenvalue weighted by Gasteiger charge is 2.66. The molecule has 0 radical (unpaired) electrons. The Bertz CT molecular complexity index is 787. The van der Waals surface area contributed by atoms with Crippen molar-refractivity contribution >= 4 is 26.0 Å². The summed E-state index contributed by atoms with van der Waals surface area (Å²) >= 11 is 0. The maximum absolute atomic E-state index is 13.2.